The molecule has 7 nitrogen and oxygen atoms in total. The van der Waals surface area contributed by atoms with E-state index in [1.165, 1.54) is 0 Å². The molecule has 2 heterocycles. The second kappa shape index (κ2) is 8.24. The van der Waals surface area contributed by atoms with Gasteiger partial charge in [-0.25, -0.2) is 4.79 Å². The summed E-state index contributed by atoms with van der Waals surface area (Å²) in [6.07, 6.45) is 0.745. The molecule has 2 aromatic rings. The number of aryl methyl sites for hydroxylation is 1. The third kappa shape index (κ3) is 4.00. The zero-order valence-corrected chi connectivity index (χ0v) is 17.2. The standard InChI is InChI=1S/C19H20Cl2N4O3/c1-4-7-25-11(3)16(18(26)22-15-8-10(2)28-24-15)17(23-19(25)27)13-6-5-12(20)9-14(13)21/h5-6,8-9,17H,4,7H2,1-3H3,(H,23,27)(H,22,24,26). The molecule has 1 aliphatic heterocycles. The van der Waals surface area contributed by atoms with Gasteiger partial charge in [0.05, 0.1) is 11.6 Å². The summed E-state index contributed by atoms with van der Waals surface area (Å²) in [5.41, 5.74) is 1.51. The van der Waals surface area contributed by atoms with Gasteiger partial charge in [0.25, 0.3) is 5.91 Å². The highest BCUT2D eigenvalue weighted by Gasteiger charge is 2.36. The van der Waals surface area contributed by atoms with Gasteiger partial charge in [-0.1, -0.05) is 41.3 Å². The van der Waals surface area contributed by atoms with Crippen molar-refractivity contribution in [1.29, 1.82) is 0 Å². The Hall–Kier alpha value is -2.51. The van der Waals surface area contributed by atoms with Crippen LogP contribution in [0.1, 0.15) is 37.6 Å². The molecular formula is C19H20Cl2N4O3. The predicted octanol–water partition coefficient (Wildman–Crippen LogP) is 4.68. The quantitative estimate of drug-likeness (QED) is 0.731. The lowest BCUT2D eigenvalue weighted by Crippen LogP contribution is -2.48. The Morgan fingerprint density at radius 1 is 1.32 bits per heavy atom. The van der Waals surface area contributed by atoms with Gasteiger partial charge in [-0.15, -0.1) is 0 Å². The maximum atomic E-state index is 13.1. The minimum atomic E-state index is -0.724. The number of carbonyl (C=O) groups excluding carboxylic acids is 2. The predicted molar refractivity (Wildman–Crippen MR) is 107 cm³/mol. The number of benzene rings is 1. The molecule has 0 aliphatic carbocycles. The van der Waals surface area contributed by atoms with E-state index in [0.29, 0.717) is 45.0 Å². The number of hydrogen-bond acceptors (Lipinski definition) is 4. The van der Waals surface area contributed by atoms with Crippen molar-refractivity contribution in [2.75, 3.05) is 11.9 Å². The number of aromatic nitrogens is 1. The second-order valence-corrected chi connectivity index (χ2v) is 7.32. The Bertz CT molecular complexity index is 954. The van der Waals surface area contributed by atoms with Crippen LogP contribution >= 0.6 is 23.2 Å². The maximum absolute atomic E-state index is 13.1. The molecule has 0 saturated carbocycles. The molecule has 1 atom stereocenters. The van der Waals surface area contributed by atoms with Crippen LogP contribution in [0.2, 0.25) is 10.0 Å². The topological polar surface area (TPSA) is 87.5 Å². The molecular weight excluding hydrogens is 403 g/mol. The largest absolute Gasteiger partial charge is 0.360 e. The summed E-state index contributed by atoms with van der Waals surface area (Å²) in [7, 11) is 0. The second-order valence-electron chi connectivity index (χ2n) is 6.48. The summed E-state index contributed by atoms with van der Waals surface area (Å²) in [6.45, 7) is 5.92. The average Bonchev–Trinajstić information content (AvgIpc) is 3.02. The van der Waals surface area contributed by atoms with Gasteiger partial charge in [0.1, 0.15) is 5.76 Å². The van der Waals surface area contributed by atoms with Gasteiger partial charge in [0.2, 0.25) is 0 Å². The highest BCUT2D eigenvalue weighted by molar-refractivity contribution is 6.35. The number of allylic oxidation sites excluding steroid dienone is 1. The highest BCUT2D eigenvalue weighted by Crippen LogP contribution is 2.35. The number of rotatable bonds is 5. The van der Waals surface area contributed by atoms with Gasteiger partial charge < -0.3 is 15.2 Å². The maximum Gasteiger partial charge on any atom is 0.322 e. The molecule has 0 radical (unpaired) electrons. The molecule has 0 fully saturated rings. The average molecular weight is 423 g/mol. The third-order valence-corrected chi connectivity index (χ3v) is 4.99. The lowest BCUT2D eigenvalue weighted by atomic mass is 9.94. The Kier molecular flexibility index (Phi) is 5.96. The van der Waals surface area contributed by atoms with Crippen molar-refractivity contribution < 1.29 is 14.1 Å². The third-order valence-electron chi connectivity index (χ3n) is 4.43. The molecule has 3 rings (SSSR count). The summed E-state index contributed by atoms with van der Waals surface area (Å²) in [5, 5.41) is 10.2. The van der Waals surface area contributed by atoms with Crippen LogP contribution in [0.5, 0.6) is 0 Å². The first-order chi connectivity index (χ1) is 13.3. The van der Waals surface area contributed by atoms with E-state index in [4.69, 9.17) is 27.7 Å². The van der Waals surface area contributed by atoms with Gasteiger partial charge in [-0.05, 0) is 38.0 Å². The molecule has 0 saturated heterocycles. The lowest BCUT2D eigenvalue weighted by molar-refractivity contribution is -0.113. The number of hydrogen-bond donors (Lipinski definition) is 2. The van der Waals surface area contributed by atoms with Gasteiger partial charge in [0.15, 0.2) is 5.82 Å². The first-order valence-corrected chi connectivity index (χ1v) is 9.55. The first kappa shape index (κ1) is 20.2. The molecule has 1 aliphatic rings. The molecule has 1 aromatic carbocycles. The molecule has 148 valence electrons. The molecule has 3 amide bonds. The van der Waals surface area contributed by atoms with E-state index in [-0.39, 0.29) is 6.03 Å². The number of amides is 3. The van der Waals surface area contributed by atoms with Crippen molar-refractivity contribution in [2.24, 2.45) is 0 Å². The van der Waals surface area contributed by atoms with Crippen molar-refractivity contribution >= 4 is 41.0 Å². The van der Waals surface area contributed by atoms with Crippen LogP contribution in [0.3, 0.4) is 0 Å². The Morgan fingerprint density at radius 2 is 2.07 bits per heavy atom. The number of urea groups is 1. The summed E-state index contributed by atoms with van der Waals surface area (Å²) in [6, 6.07) is 5.55. The van der Waals surface area contributed by atoms with Crippen LogP contribution in [0, 0.1) is 6.92 Å². The van der Waals surface area contributed by atoms with Crippen molar-refractivity contribution in [3.05, 3.63) is 56.9 Å². The summed E-state index contributed by atoms with van der Waals surface area (Å²) < 4.78 is 5.00. The monoisotopic (exact) mass is 422 g/mol. The van der Waals surface area contributed by atoms with E-state index in [1.54, 1.807) is 43.0 Å². The zero-order chi connectivity index (χ0) is 20.4. The Morgan fingerprint density at radius 3 is 2.68 bits per heavy atom. The molecule has 1 unspecified atom stereocenters. The van der Waals surface area contributed by atoms with Crippen molar-refractivity contribution in [1.82, 2.24) is 15.4 Å². The first-order valence-electron chi connectivity index (χ1n) is 8.80. The fourth-order valence-corrected chi connectivity index (χ4v) is 3.66. The fraction of sp³-hybridized carbons (Fsp3) is 0.316. The molecule has 0 spiro atoms. The van der Waals surface area contributed by atoms with E-state index in [2.05, 4.69) is 15.8 Å². The molecule has 0 bridgehead atoms. The summed E-state index contributed by atoms with van der Waals surface area (Å²) in [4.78, 5) is 27.3. The highest BCUT2D eigenvalue weighted by atomic mass is 35.5. The van der Waals surface area contributed by atoms with E-state index >= 15 is 0 Å². The summed E-state index contributed by atoms with van der Waals surface area (Å²) >= 11 is 12.4. The van der Waals surface area contributed by atoms with Crippen LogP contribution in [0.4, 0.5) is 10.6 Å². The lowest BCUT2D eigenvalue weighted by Gasteiger charge is -2.35. The number of carbonyl (C=O) groups is 2. The van der Waals surface area contributed by atoms with Crippen molar-refractivity contribution in [2.45, 2.75) is 33.2 Å². The van der Waals surface area contributed by atoms with E-state index in [9.17, 15) is 9.59 Å². The fourth-order valence-electron chi connectivity index (χ4n) is 3.15. The van der Waals surface area contributed by atoms with Crippen LogP contribution in [-0.2, 0) is 4.79 Å². The van der Waals surface area contributed by atoms with E-state index in [1.807, 2.05) is 6.92 Å². The van der Waals surface area contributed by atoms with Crippen LogP contribution < -0.4 is 10.6 Å². The van der Waals surface area contributed by atoms with Gasteiger partial charge in [0, 0.05) is 28.4 Å². The minimum Gasteiger partial charge on any atom is -0.360 e. The Labute approximate surface area is 172 Å². The minimum absolute atomic E-state index is 0.288. The summed E-state index contributed by atoms with van der Waals surface area (Å²) in [5.74, 6) is 0.466. The number of halogens is 2. The smallest absolute Gasteiger partial charge is 0.322 e. The van der Waals surface area contributed by atoms with Crippen molar-refractivity contribution in [3.63, 3.8) is 0 Å². The molecule has 2 N–H and O–H groups in total. The van der Waals surface area contributed by atoms with Crippen LogP contribution in [0.25, 0.3) is 0 Å². The van der Waals surface area contributed by atoms with Gasteiger partial charge in [-0.2, -0.15) is 0 Å². The number of nitrogens with one attached hydrogen (secondary N) is 2. The number of anilines is 1. The SMILES string of the molecule is CCCN1C(=O)NC(c2ccc(Cl)cc2Cl)C(C(=O)Nc2cc(C)on2)=C1C. The van der Waals surface area contributed by atoms with Crippen molar-refractivity contribution in [3.8, 4) is 0 Å². The molecule has 9 heteroatoms. The van der Waals surface area contributed by atoms with Crippen LogP contribution in [-0.4, -0.2) is 28.5 Å². The van der Waals surface area contributed by atoms with Crippen LogP contribution in [0.15, 0.2) is 40.1 Å². The van der Waals surface area contributed by atoms with E-state index < -0.39 is 11.9 Å². The molecule has 1 aromatic heterocycles. The molecule has 28 heavy (non-hydrogen) atoms. The van der Waals surface area contributed by atoms with Gasteiger partial charge in [-0.3, -0.25) is 9.69 Å². The van der Waals surface area contributed by atoms with Gasteiger partial charge >= 0.3 is 6.03 Å². The van der Waals surface area contributed by atoms with E-state index in [0.717, 1.165) is 6.42 Å². The normalized spacial score (nSPS) is 17.0. The number of nitrogens with zero attached hydrogens (tertiary/aromatic N) is 2. The Balaban J connectivity index is 2.06. The zero-order valence-electron chi connectivity index (χ0n) is 15.7.